The Morgan fingerprint density at radius 2 is 1.90 bits per heavy atom. The average Bonchev–Trinajstić information content (AvgIpc) is 3.23. The van der Waals surface area contributed by atoms with Gasteiger partial charge in [-0.25, -0.2) is 8.42 Å². The molecule has 1 aliphatic rings. The highest BCUT2D eigenvalue weighted by Crippen LogP contribution is 2.39. The van der Waals surface area contributed by atoms with E-state index in [-0.39, 0.29) is 35.8 Å². The van der Waals surface area contributed by atoms with E-state index < -0.39 is 27.8 Å². The molecule has 1 aromatic heterocycles. The molecule has 2 heterocycles. The zero-order valence-electron chi connectivity index (χ0n) is 16.0. The first-order valence-electron chi connectivity index (χ1n) is 9.05. The second-order valence-corrected chi connectivity index (χ2v) is 10.2. The van der Waals surface area contributed by atoms with E-state index in [0.29, 0.717) is 12.6 Å². The molecule has 0 spiro atoms. The van der Waals surface area contributed by atoms with Crippen molar-refractivity contribution in [1.82, 2.24) is 4.31 Å². The van der Waals surface area contributed by atoms with Crippen LogP contribution in [0, 0.1) is 11.3 Å². The Kier molecular flexibility index (Phi) is 6.15. The number of nitrogens with zero attached hydrogens (tertiary/aromatic N) is 3. The van der Waals surface area contributed by atoms with E-state index in [9.17, 15) is 32.0 Å². The van der Waals surface area contributed by atoms with Crippen molar-refractivity contribution in [1.29, 1.82) is 5.26 Å². The van der Waals surface area contributed by atoms with Crippen molar-refractivity contribution < 1.29 is 26.7 Å². The zero-order chi connectivity index (χ0) is 22.2. The van der Waals surface area contributed by atoms with Gasteiger partial charge >= 0.3 is 6.18 Å². The monoisotopic (exact) mass is 459 g/mol. The van der Waals surface area contributed by atoms with Crippen LogP contribution in [-0.2, 0) is 15.6 Å². The van der Waals surface area contributed by atoms with Crippen LogP contribution in [0.2, 0.25) is 0 Å². The van der Waals surface area contributed by atoms with Gasteiger partial charge in [0.15, 0.2) is 5.60 Å². The number of benzene rings is 1. The van der Waals surface area contributed by atoms with E-state index in [2.05, 4.69) is 6.07 Å². The van der Waals surface area contributed by atoms with Crippen LogP contribution in [0.1, 0.15) is 18.9 Å². The van der Waals surface area contributed by atoms with Gasteiger partial charge in [-0.3, -0.25) is 0 Å². The smallest absolute Gasteiger partial charge is 0.376 e. The van der Waals surface area contributed by atoms with Crippen LogP contribution in [0.25, 0.3) is 0 Å². The molecule has 0 radical (unpaired) electrons. The maximum atomic E-state index is 13.1. The van der Waals surface area contributed by atoms with Gasteiger partial charge in [-0.05, 0) is 36.1 Å². The summed E-state index contributed by atoms with van der Waals surface area (Å²) in [5, 5.41) is 20.7. The Balaban J connectivity index is 1.83. The Hall–Kier alpha value is -2.13. The first-order chi connectivity index (χ1) is 14.0. The van der Waals surface area contributed by atoms with E-state index in [1.54, 1.807) is 11.4 Å². The lowest BCUT2D eigenvalue weighted by Gasteiger charge is -2.41. The number of hydrogen-bond donors (Lipinski definition) is 1. The summed E-state index contributed by atoms with van der Waals surface area (Å²) in [5.74, 6) is 0. The molecular formula is C19H20F3N3O3S2. The van der Waals surface area contributed by atoms with Gasteiger partial charge in [0.1, 0.15) is 4.21 Å². The number of nitriles is 1. The largest absolute Gasteiger partial charge is 0.421 e. The van der Waals surface area contributed by atoms with Gasteiger partial charge in [-0.15, -0.1) is 11.3 Å². The van der Waals surface area contributed by atoms with Crippen LogP contribution in [-0.4, -0.2) is 49.7 Å². The van der Waals surface area contributed by atoms with E-state index >= 15 is 0 Å². The number of anilines is 1. The van der Waals surface area contributed by atoms with Crippen LogP contribution >= 0.6 is 11.3 Å². The highest BCUT2D eigenvalue weighted by atomic mass is 32.2. The minimum absolute atomic E-state index is 0.0540. The number of halogens is 3. The fourth-order valence-electron chi connectivity index (χ4n) is 3.34. The molecule has 6 nitrogen and oxygen atoms in total. The summed E-state index contributed by atoms with van der Waals surface area (Å²) in [7, 11) is -3.66. The van der Waals surface area contributed by atoms with Crippen molar-refractivity contribution in [3.8, 4) is 6.07 Å². The molecule has 0 unspecified atom stereocenters. The maximum absolute atomic E-state index is 13.1. The Morgan fingerprint density at radius 1 is 1.23 bits per heavy atom. The summed E-state index contributed by atoms with van der Waals surface area (Å²) in [4.78, 5) is 1.82. The lowest BCUT2D eigenvalue weighted by molar-refractivity contribution is -0.258. The summed E-state index contributed by atoms with van der Waals surface area (Å²) in [6, 6.07) is 10.1. The quantitative estimate of drug-likeness (QED) is 0.742. The fraction of sp³-hybridized carbons (Fsp3) is 0.421. The van der Waals surface area contributed by atoms with Crippen molar-refractivity contribution >= 4 is 27.0 Å². The topological polar surface area (TPSA) is 84.6 Å². The minimum atomic E-state index is -4.82. The SMILES string of the molecule is C[C@](O)(c1ccc(N2CCN(S(=O)(=O)c3cccs3)C[C@H]2CC#N)cc1)C(F)(F)F. The molecule has 0 amide bonds. The van der Waals surface area contributed by atoms with Crippen molar-refractivity contribution in [3.63, 3.8) is 0 Å². The molecule has 162 valence electrons. The van der Waals surface area contributed by atoms with Crippen molar-refractivity contribution in [2.75, 3.05) is 24.5 Å². The van der Waals surface area contributed by atoms with Gasteiger partial charge < -0.3 is 10.0 Å². The standard InChI is InChI=1S/C19H20F3N3O3S2/c1-18(26,19(20,21)22)14-4-6-15(7-5-14)25-11-10-24(13-16(25)8-9-23)30(27,28)17-3-2-12-29-17/h2-7,12,16,26H,8,10-11,13H2,1H3/t16-,18+/m1/s1. The second kappa shape index (κ2) is 8.19. The predicted molar refractivity (Wildman–Crippen MR) is 107 cm³/mol. The molecule has 0 bridgehead atoms. The lowest BCUT2D eigenvalue weighted by Crippen LogP contribution is -2.54. The molecule has 1 aromatic carbocycles. The first kappa shape index (κ1) is 22.6. The third-order valence-electron chi connectivity index (χ3n) is 5.17. The summed E-state index contributed by atoms with van der Waals surface area (Å²) in [5.41, 5.74) is -2.72. The molecule has 11 heteroatoms. The summed E-state index contributed by atoms with van der Waals surface area (Å²) in [6.45, 7) is 1.25. The van der Waals surface area contributed by atoms with Gasteiger partial charge in [0.2, 0.25) is 0 Å². The van der Waals surface area contributed by atoms with Crippen LogP contribution in [0.3, 0.4) is 0 Å². The molecule has 1 aliphatic heterocycles. The Bertz CT molecular complexity index is 1010. The van der Waals surface area contributed by atoms with Gasteiger partial charge in [0.25, 0.3) is 10.0 Å². The number of alkyl halides is 3. The van der Waals surface area contributed by atoms with Gasteiger partial charge in [-0.2, -0.15) is 22.7 Å². The van der Waals surface area contributed by atoms with Gasteiger partial charge in [0.05, 0.1) is 18.5 Å². The van der Waals surface area contributed by atoms with Crippen molar-refractivity contribution in [3.05, 3.63) is 47.3 Å². The molecule has 2 atom stereocenters. The van der Waals surface area contributed by atoms with Crippen LogP contribution < -0.4 is 4.90 Å². The van der Waals surface area contributed by atoms with Crippen LogP contribution in [0.4, 0.5) is 18.9 Å². The molecule has 1 N–H and O–H groups in total. The molecule has 2 aromatic rings. The number of sulfonamides is 1. The van der Waals surface area contributed by atoms with E-state index in [4.69, 9.17) is 0 Å². The highest BCUT2D eigenvalue weighted by Gasteiger charge is 2.51. The molecule has 30 heavy (non-hydrogen) atoms. The second-order valence-electron chi connectivity index (χ2n) is 7.12. The van der Waals surface area contributed by atoms with E-state index in [1.165, 1.54) is 34.6 Å². The van der Waals surface area contributed by atoms with E-state index in [1.807, 2.05) is 4.90 Å². The summed E-state index contributed by atoms with van der Waals surface area (Å²) < 4.78 is 66.3. The molecule has 0 saturated carbocycles. The summed E-state index contributed by atoms with van der Waals surface area (Å²) >= 11 is 1.12. The normalized spacial score (nSPS) is 20.5. The third-order valence-corrected chi connectivity index (χ3v) is 8.41. The fourth-order valence-corrected chi connectivity index (χ4v) is 5.96. The summed E-state index contributed by atoms with van der Waals surface area (Å²) in [6.07, 6.45) is -4.77. The van der Waals surface area contributed by atoms with Crippen molar-refractivity contribution in [2.45, 2.75) is 35.4 Å². The third kappa shape index (κ3) is 4.18. The molecule has 3 rings (SSSR count). The maximum Gasteiger partial charge on any atom is 0.421 e. The highest BCUT2D eigenvalue weighted by molar-refractivity contribution is 7.91. The van der Waals surface area contributed by atoms with E-state index in [0.717, 1.165) is 11.3 Å². The number of hydrogen-bond acceptors (Lipinski definition) is 6. The molecular weight excluding hydrogens is 439 g/mol. The molecule has 1 fully saturated rings. The molecule has 1 saturated heterocycles. The average molecular weight is 460 g/mol. The number of piperazine rings is 1. The number of thiophene rings is 1. The van der Waals surface area contributed by atoms with Gasteiger partial charge in [-0.1, -0.05) is 18.2 Å². The Labute approximate surface area is 176 Å². The van der Waals surface area contributed by atoms with Gasteiger partial charge in [0, 0.05) is 25.3 Å². The first-order valence-corrected chi connectivity index (χ1v) is 11.4. The van der Waals surface area contributed by atoms with Crippen LogP contribution in [0.15, 0.2) is 46.0 Å². The number of aliphatic hydroxyl groups is 1. The zero-order valence-corrected chi connectivity index (χ0v) is 17.6. The van der Waals surface area contributed by atoms with Crippen LogP contribution in [0.5, 0.6) is 0 Å². The number of rotatable bonds is 5. The Morgan fingerprint density at radius 3 is 2.43 bits per heavy atom. The predicted octanol–water partition coefficient (Wildman–Crippen LogP) is 3.31. The molecule has 0 aliphatic carbocycles. The minimum Gasteiger partial charge on any atom is -0.376 e. The van der Waals surface area contributed by atoms with Crippen molar-refractivity contribution in [2.24, 2.45) is 0 Å². The lowest BCUT2D eigenvalue weighted by atomic mass is 9.95.